The van der Waals surface area contributed by atoms with Crippen LogP contribution in [0, 0.1) is 11.1 Å². The Morgan fingerprint density at radius 3 is 2.25 bits per heavy atom. The third-order valence-corrected chi connectivity index (χ3v) is 6.49. The van der Waals surface area contributed by atoms with Crippen LogP contribution in [0.4, 0.5) is 0 Å². The first-order chi connectivity index (χ1) is 3.91. The first-order valence-corrected chi connectivity index (χ1v) is 8.36. The number of rotatable bonds is 0. The predicted octanol–water partition coefficient (Wildman–Crippen LogP) is -1.71. The smallest absolute Gasteiger partial charge is 0.211 e. The zero-order valence-electron chi connectivity index (χ0n) is 4.78. The Balaban J connectivity index is 0.000000145. The maximum absolute atomic E-state index is 5.50. The Bertz CT molecular complexity index is 66.5. The zero-order chi connectivity index (χ0) is 6.24. The number of nitrogens with zero attached hydrogens (tertiary/aromatic N) is 1. The lowest BCUT2D eigenvalue weighted by molar-refractivity contribution is 0.928. The van der Waals surface area contributed by atoms with Crippen molar-refractivity contribution >= 4 is 18.2 Å². The Morgan fingerprint density at radius 1 is 1.50 bits per heavy atom. The molecule has 1 fully saturated rings. The molecule has 1 aliphatic rings. The molecule has 1 aliphatic heterocycles. The van der Waals surface area contributed by atoms with Gasteiger partial charge in [0.15, 0.2) is 0 Å². The highest BCUT2D eigenvalue weighted by Crippen LogP contribution is 1.77. The monoisotopic (exact) mass is 147 g/mol. The van der Waals surface area contributed by atoms with E-state index in [9.17, 15) is 0 Å². The molecule has 46 valence electrons. The third kappa shape index (κ3) is 5.70. The van der Waals surface area contributed by atoms with Gasteiger partial charge in [0.05, 0.1) is 9.20 Å². The van der Waals surface area contributed by atoms with E-state index in [0.29, 0.717) is 18.2 Å². The molecule has 0 bridgehead atoms. The lowest BCUT2D eigenvalue weighted by atomic mass is 10.8. The molecule has 0 aromatic carbocycles. The van der Waals surface area contributed by atoms with E-state index >= 15 is 0 Å². The third-order valence-electron chi connectivity index (χ3n) is 0.957. The van der Waals surface area contributed by atoms with Crippen molar-refractivity contribution in [1.29, 1.82) is 11.1 Å². The van der Waals surface area contributed by atoms with Crippen molar-refractivity contribution in [1.82, 2.24) is 9.89 Å². The first-order valence-electron chi connectivity index (χ1n) is 2.65. The molecule has 0 spiro atoms. The highest BCUT2D eigenvalue weighted by Gasteiger charge is 1.95. The molecule has 0 saturated carbocycles. The lowest BCUT2D eigenvalue weighted by Crippen LogP contribution is -2.11. The second-order valence-electron chi connectivity index (χ2n) is 1.57. The predicted molar refractivity (Wildman–Crippen MR) is 37.5 cm³/mol. The quantitative estimate of drug-likeness (QED) is 0.213. The molecule has 8 heavy (non-hydrogen) atoms. The summed E-state index contributed by atoms with van der Waals surface area (Å²) in [4.78, 5) is 5.42. The molecule has 0 aromatic rings. The van der Waals surface area contributed by atoms with Crippen LogP contribution in [-0.4, -0.2) is 24.8 Å². The van der Waals surface area contributed by atoms with Gasteiger partial charge < -0.3 is 4.98 Å². The number of nitrogens with one attached hydrogen (secondary N) is 3. The van der Waals surface area contributed by atoms with E-state index in [1.807, 2.05) is 4.91 Å². The van der Waals surface area contributed by atoms with Gasteiger partial charge in [0.1, 0.15) is 11.1 Å². The second-order valence-corrected chi connectivity index (χ2v) is 7.60. The number of hydrogen-bond acceptors (Lipinski definition) is 3. The van der Waals surface area contributed by atoms with Gasteiger partial charge in [-0.25, -0.2) is 0 Å². The summed E-state index contributed by atoms with van der Waals surface area (Å²) in [6, 6.07) is 1.59. The summed E-state index contributed by atoms with van der Waals surface area (Å²) in [5, 5.41) is 0. The van der Waals surface area contributed by atoms with Crippen LogP contribution in [0.15, 0.2) is 0 Å². The van der Waals surface area contributed by atoms with Crippen LogP contribution < -0.4 is 9.89 Å². The normalized spacial score (nSPS) is 22.0. The fourth-order valence-corrected chi connectivity index (χ4v) is 5.62. The first kappa shape index (κ1) is 7.70. The summed E-state index contributed by atoms with van der Waals surface area (Å²) in [6.45, 7) is 1.37. The van der Waals surface area contributed by atoms with E-state index in [0.717, 1.165) is 0 Å². The van der Waals surface area contributed by atoms with Crippen molar-refractivity contribution in [3.8, 4) is 0 Å². The average Bonchev–Trinajstić information content (AvgIpc) is 2.17. The molecular weight excluding hydrogens is 136 g/mol. The van der Waals surface area contributed by atoms with E-state index in [2.05, 4.69) is 4.98 Å². The fourth-order valence-electron chi connectivity index (χ4n) is 0.625. The van der Waals surface area contributed by atoms with Gasteiger partial charge in [-0.15, -0.1) is 0 Å². The Kier molecular flexibility index (Phi) is 6.46. The van der Waals surface area contributed by atoms with E-state index in [4.69, 9.17) is 11.1 Å². The van der Waals surface area contributed by atoms with Crippen LogP contribution in [0.25, 0.3) is 0 Å². The Labute approximate surface area is 52.6 Å². The molecule has 6 heteroatoms. The molecule has 0 amide bonds. The topological polar surface area (TPSA) is 73.8 Å². The number of hydrogen-bond donors (Lipinski definition) is 3. The van der Waals surface area contributed by atoms with E-state index in [1.165, 1.54) is 6.54 Å². The molecule has 3 N–H and O–H groups in total. The van der Waals surface area contributed by atoms with E-state index in [1.54, 1.807) is 6.04 Å². The fraction of sp³-hybridized carbons (Fsp3) is 1.00. The lowest BCUT2D eigenvalue weighted by Gasteiger charge is -1.76. The van der Waals surface area contributed by atoms with Crippen molar-refractivity contribution in [2.45, 2.75) is 6.04 Å². The summed E-state index contributed by atoms with van der Waals surface area (Å²) in [5.41, 5.74) is 11.0. The maximum atomic E-state index is 5.50. The van der Waals surface area contributed by atoms with Gasteiger partial charge in [-0.3, -0.25) is 0 Å². The van der Waals surface area contributed by atoms with Crippen molar-refractivity contribution in [3.63, 3.8) is 0 Å². The molecule has 1 saturated heterocycles. The molecule has 0 aliphatic carbocycles. The molecule has 0 unspecified atom stereocenters. The molecule has 0 aromatic heterocycles. The van der Waals surface area contributed by atoms with Crippen LogP contribution in [0.3, 0.4) is 0 Å². The molecular formula is C2H11N4Si2+. The minimum atomic E-state index is 0.432. The maximum Gasteiger partial charge on any atom is 0.211 e. The van der Waals surface area contributed by atoms with Gasteiger partial charge in [-0.2, -0.15) is 0 Å². The zero-order valence-corrected chi connectivity index (χ0v) is 7.60. The van der Waals surface area contributed by atoms with E-state index < -0.39 is 0 Å². The van der Waals surface area contributed by atoms with Gasteiger partial charge in [-0.1, -0.05) is 6.04 Å². The van der Waals surface area contributed by atoms with Gasteiger partial charge in [0.25, 0.3) is 0 Å². The van der Waals surface area contributed by atoms with Gasteiger partial charge in [0.2, 0.25) is 4.91 Å². The molecule has 0 atom stereocenters. The summed E-state index contributed by atoms with van der Waals surface area (Å²) < 4.78 is 0. The molecule has 1 rings (SSSR count). The van der Waals surface area contributed by atoms with E-state index in [-0.39, 0.29) is 0 Å². The summed E-state index contributed by atoms with van der Waals surface area (Å²) in [6.07, 6.45) is 0. The Morgan fingerprint density at radius 2 is 2.12 bits per heavy atom. The highest BCUT2D eigenvalue weighted by atomic mass is 29.1. The second kappa shape index (κ2) is 6.70. The van der Waals surface area contributed by atoms with Crippen molar-refractivity contribution in [2.24, 2.45) is 0 Å². The van der Waals surface area contributed by atoms with Crippen LogP contribution >= 0.6 is 0 Å². The summed E-state index contributed by atoms with van der Waals surface area (Å²) >= 11 is 0. The largest absolute Gasteiger partial charge is 0.345 e. The molecule has 0 radical (unpaired) electrons. The SMILES string of the molecule is C1C[SiH2][SiH2]N1.N=[N+]=N. The van der Waals surface area contributed by atoms with Gasteiger partial charge >= 0.3 is 0 Å². The van der Waals surface area contributed by atoms with Crippen LogP contribution in [0.2, 0.25) is 6.04 Å². The standard InChI is InChI=1S/C2H9NSi2.H2N3/c1-2-4-5-3-1;1-3-2/h3H,1-2,4-5H2;1-2H/q;+1. The molecule has 4 nitrogen and oxygen atoms in total. The summed E-state index contributed by atoms with van der Waals surface area (Å²) in [5.74, 6) is 0. The average molecular weight is 147 g/mol. The highest BCUT2D eigenvalue weighted by molar-refractivity contribution is 7.00. The van der Waals surface area contributed by atoms with Gasteiger partial charge in [-0.05, 0) is 6.54 Å². The van der Waals surface area contributed by atoms with Crippen molar-refractivity contribution in [3.05, 3.63) is 0 Å². The molecule has 1 heterocycles. The van der Waals surface area contributed by atoms with Crippen LogP contribution in [0.1, 0.15) is 0 Å². The van der Waals surface area contributed by atoms with Crippen molar-refractivity contribution in [2.75, 3.05) is 6.54 Å². The van der Waals surface area contributed by atoms with Crippen molar-refractivity contribution < 1.29 is 0 Å². The van der Waals surface area contributed by atoms with Gasteiger partial charge in [0, 0.05) is 9.04 Å². The van der Waals surface area contributed by atoms with Crippen LogP contribution in [0.5, 0.6) is 0 Å². The minimum absolute atomic E-state index is 0.432. The van der Waals surface area contributed by atoms with Crippen LogP contribution in [-0.2, 0) is 0 Å². The Hall–Kier alpha value is -0.296. The minimum Gasteiger partial charge on any atom is -0.345 e. The summed E-state index contributed by atoms with van der Waals surface area (Å²) in [7, 11) is 1.00.